The molecular weight excluding hydrogens is 494 g/mol. The molecule has 0 bridgehead atoms. The average Bonchev–Trinajstić information content (AvgIpc) is 2.84. The van der Waals surface area contributed by atoms with Gasteiger partial charge in [-0.05, 0) is 6.92 Å². The first-order valence-electron chi connectivity index (χ1n) is 11.4. The third-order valence-electron chi connectivity index (χ3n) is 6.45. The molecule has 0 spiro atoms. The van der Waals surface area contributed by atoms with Gasteiger partial charge in [0, 0.05) is 6.92 Å². The molecule has 3 saturated heterocycles. The Bertz CT molecular complexity index is 729. The van der Waals surface area contributed by atoms with Crippen LogP contribution in [0.2, 0.25) is 0 Å². The van der Waals surface area contributed by atoms with Crippen molar-refractivity contribution in [1.82, 2.24) is 5.32 Å². The Kier molecular flexibility index (Phi) is 9.97. The molecule has 210 valence electrons. The SMILES string of the molecule is CC(=O)N[C@@H]1[C@@H](O[C@@H]2O[C@H](CO)[C@@H](O[C@H]3O[C@@H](C)[C@@H](O)[C@@H](O)[C@@H]3O)[C@H](O)[C@@H]2O)[C@H](O)[C@@H](CO)O[C@H]1O. The van der Waals surface area contributed by atoms with Crippen molar-refractivity contribution < 1.29 is 74.4 Å². The molecule has 0 aromatic heterocycles. The van der Waals surface area contributed by atoms with Crippen LogP contribution in [0, 0.1) is 0 Å². The number of rotatable bonds is 7. The molecule has 0 aromatic rings. The van der Waals surface area contributed by atoms with Crippen molar-refractivity contribution in [3.8, 4) is 0 Å². The summed E-state index contributed by atoms with van der Waals surface area (Å²) in [5.74, 6) is -0.620. The van der Waals surface area contributed by atoms with Crippen molar-refractivity contribution in [2.75, 3.05) is 13.2 Å². The lowest BCUT2D eigenvalue weighted by atomic mass is 9.95. The summed E-state index contributed by atoms with van der Waals surface area (Å²) in [6, 6.07) is -1.37. The van der Waals surface area contributed by atoms with E-state index in [2.05, 4.69) is 5.32 Å². The molecular formula is C20H35NO15. The smallest absolute Gasteiger partial charge is 0.217 e. The first-order chi connectivity index (χ1) is 16.9. The molecule has 0 radical (unpaired) electrons. The van der Waals surface area contributed by atoms with Gasteiger partial charge in [-0.1, -0.05) is 0 Å². The lowest BCUT2D eigenvalue weighted by Gasteiger charge is -2.48. The highest BCUT2D eigenvalue weighted by Gasteiger charge is 2.53. The highest BCUT2D eigenvalue weighted by atomic mass is 16.7. The van der Waals surface area contributed by atoms with Crippen LogP contribution in [0.15, 0.2) is 0 Å². The second-order valence-electron chi connectivity index (χ2n) is 9.05. The van der Waals surface area contributed by atoms with E-state index < -0.39 is 111 Å². The van der Waals surface area contributed by atoms with E-state index in [9.17, 15) is 50.8 Å². The first kappa shape index (κ1) is 29.5. The molecule has 3 heterocycles. The molecule has 3 aliphatic rings. The van der Waals surface area contributed by atoms with Crippen LogP contribution in [-0.4, -0.2) is 157 Å². The molecule has 16 heteroatoms. The Morgan fingerprint density at radius 1 is 0.722 bits per heavy atom. The van der Waals surface area contributed by atoms with Crippen molar-refractivity contribution in [2.45, 2.75) is 106 Å². The zero-order valence-corrected chi connectivity index (χ0v) is 19.5. The minimum absolute atomic E-state index is 0.620. The largest absolute Gasteiger partial charge is 0.394 e. The summed E-state index contributed by atoms with van der Waals surface area (Å²) in [5.41, 5.74) is 0. The summed E-state index contributed by atoms with van der Waals surface area (Å²) >= 11 is 0. The Balaban J connectivity index is 1.76. The van der Waals surface area contributed by atoms with Crippen LogP contribution in [0.5, 0.6) is 0 Å². The summed E-state index contributed by atoms with van der Waals surface area (Å²) < 4.78 is 27.1. The average molecular weight is 529 g/mol. The third-order valence-corrected chi connectivity index (χ3v) is 6.45. The van der Waals surface area contributed by atoms with Gasteiger partial charge in [0.2, 0.25) is 5.91 Å². The number of hydrogen-bond acceptors (Lipinski definition) is 15. The minimum Gasteiger partial charge on any atom is -0.394 e. The van der Waals surface area contributed by atoms with Gasteiger partial charge in [0.1, 0.15) is 67.1 Å². The van der Waals surface area contributed by atoms with Gasteiger partial charge in [-0.15, -0.1) is 0 Å². The number of nitrogens with one attached hydrogen (secondary N) is 1. The normalized spacial score (nSPS) is 50.0. The van der Waals surface area contributed by atoms with E-state index in [0.29, 0.717) is 0 Å². The zero-order chi connectivity index (χ0) is 26.9. The maximum absolute atomic E-state index is 11.6. The Morgan fingerprint density at radius 3 is 1.86 bits per heavy atom. The fourth-order valence-electron chi connectivity index (χ4n) is 4.40. The van der Waals surface area contributed by atoms with Gasteiger partial charge in [-0.2, -0.15) is 0 Å². The molecule has 16 nitrogen and oxygen atoms in total. The number of carbonyl (C=O) groups is 1. The summed E-state index contributed by atoms with van der Waals surface area (Å²) in [4.78, 5) is 11.6. The number of amides is 1. The molecule has 0 unspecified atom stereocenters. The molecule has 1 amide bonds. The number of carbonyl (C=O) groups excluding carboxylic acids is 1. The van der Waals surface area contributed by atoms with Gasteiger partial charge in [0.25, 0.3) is 0 Å². The van der Waals surface area contributed by atoms with Crippen LogP contribution in [0.1, 0.15) is 13.8 Å². The highest BCUT2D eigenvalue weighted by Crippen LogP contribution is 2.32. The number of hydrogen-bond donors (Lipinski definition) is 10. The van der Waals surface area contributed by atoms with Crippen LogP contribution in [0.25, 0.3) is 0 Å². The monoisotopic (exact) mass is 529 g/mol. The van der Waals surface area contributed by atoms with Gasteiger partial charge in [0.05, 0.1) is 19.3 Å². The molecule has 0 saturated carbocycles. The lowest BCUT2D eigenvalue weighted by Crippen LogP contribution is -2.68. The van der Waals surface area contributed by atoms with Crippen LogP contribution in [-0.2, 0) is 28.5 Å². The van der Waals surface area contributed by atoms with E-state index in [0.717, 1.165) is 6.92 Å². The Labute approximate surface area is 205 Å². The zero-order valence-electron chi connectivity index (χ0n) is 19.5. The Hall–Kier alpha value is -1.09. The minimum atomic E-state index is -1.88. The molecule has 15 atom stereocenters. The number of aliphatic hydroxyl groups is 9. The van der Waals surface area contributed by atoms with Crippen molar-refractivity contribution in [3.63, 3.8) is 0 Å². The molecule has 3 fully saturated rings. The van der Waals surface area contributed by atoms with E-state index in [-0.39, 0.29) is 0 Å². The molecule has 3 aliphatic heterocycles. The summed E-state index contributed by atoms with van der Waals surface area (Å²) in [6.45, 7) is 1.03. The predicted molar refractivity (Wildman–Crippen MR) is 111 cm³/mol. The van der Waals surface area contributed by atoms with Crippen LogP contribution < -0.4 is 5.32 Å². The molecule has 0 aliphatic carbocycles. The van der Waals surface area contributed by atoms with Gasteiger partial charge in [-0.25, -0.2) is 0 Å². The van der Waals surface area contributed by atoms with Crippen molar-refractivity contribution in [1.29, 1.82) is 0 Å². The fourth-order valence-corrected chi connectivity index (χ4v) is 4.40. The van der Waals surface area contributed by atoms with Crippen LogP contribution >= 0.6 is 0 Å². The molecule has 0 aromatic carbocycles. The predicted octanol–water partition coefficient (Wildman–Crippen LogP) is -6.40. The van der Waals surface area contributed by atoms with Crippen molar-refractivity contribution in [3.05, 3.63) is 0 Å². The highest BCUT2D eigenvalue weighted by molar-refractivity contribution is 5.73. The van der Waals surface area contributed by atoms with E-state index in [4.69, 9.17) is 23.7 Å². The molecule has 10 N–H and O–H groups in total. The van der Waals surface area contributed by atoms with Gasteiger partial charge >= 0.3 is 0 Å². The Morgan fingerprint density at radius 2 is 1.28 bits per heavy atom. The van der Waals surface area contributed by atoms with Crippen molar-refractivity contribution >= 4 is 5.91 Å². The molecule has 3 rings (SSSR count). The quantitative estimate of drug-likeness (QED) is 0.147. The van der Waals surface area contributed by atoms with Gasteiger partial charge in [-0.3, -0.25) is 4.79 Å². The van der Waals surface area contributed by atoms with Crippen LogP contribution in [0.4, 0.5) is 0 Å². The standard InChI is InChI=1S/C20H35NO15/c1-5-10(25)12(27)14(29)19(32-5)35-16-8(4-23)34-20(15(30)13(16)28)36-17-9(21-6(2)24)18(31)33-7(3-22)11(17)26/h5,7-20,22-23,25-31H,3-4H2,1-2H3,(H,21,24)/t5-,7+,8+,9+,10+,11+,12+,13+,14-,15-,16+,17+,18+,19+,20-/m0/s1. The fraction of sp³-hybridized carbons (Fsp3) is 0.950. The third kappa shape index (κ3) is 5.97. The van der Waals surface area contributed by atoms with Gasteiger partial charge < -0.3 is 75.0 Å². The topological polar surface area (TPSA) is 257 Å². The second kappa shape index (κ2) is 12.2. The lowest BCUT2D eigenvalue weighted by molar-refractivity contribution is -0.370. The van der Waals surface area contributed by atoms with Gasteiger partial charge in [0.15, 0.2) is 18.9 Å². The summed E-state index contributed by atoms with van der Waals surface area (Å²) in [6.07, 6.45) is -21.8. The van der Waals surface area contributed by atoms with E-state index in [1.807, 2.05) is 0 Å². The van der Waals surface area contributed by atoms with Crippen LogP contribution in [0.3, 0.4) is 0 Å². The number of aliphatic hydroxyl groups excluding tert-OH is 9. The maximum Gasteiger partial charge on any atom is 0.217 e. The summed E-state index contributed by atoms with van der Waals surface area (Å²) in [5, 5.41) is 93.8. The maximum atomic E-state index is 11.6. The van der Waals surface area contributed by atoms with E-state index >= 15 is 0 Å². The summed E-state index contributed by atoms with van der Waals surface area (Å²) in [7, 11) is 0. The van der Waals surface area contributed by atoms with E-state index in [1.165, 1.54) is 6.92 Å². The van der Waals surface area contributed by atoms with E-state index in [1.54, 1.807) is 0 Å². The van der Waals surface area contributed by atoms with Crippen molar-refractivity contribution in [2.24, 2.45) is 0 Å². The first-order valence-corrected chi connectivity index (χ1v) is 11.4. The molecule has 36 heavy (non-hydrogen) atoms. The number of ether oxygens (including phenoxy) is 5. The second-order valence-corrected chi connectivity index (χ2v) is 9.05.